The average Bonchev–Trinajstić information content (AvgIpc) is 2.94. The molecule has 0 radical (unpaired) electrons. The minimum Gasteiger partial charge on any atom is -0.463 e. The Kier molecular flexibility index (Phi) is 21.0. The van der Waals surface area contributed by atoms with Crippen LogP contribution in [0, 0.1) is 20.2 Å². The monoisotopic (exact) mass is 573 g/mol. The first-order valence-corrected chi connectivity index (χ1v) is 13.7. The number of unbranched alkanes of at least 4 members (excludes halogenated alkanes) is 4. The number of nitro groups is 2. The lowest BCUT2D eigenvalue weighted by Crippen LogP contribution is -2.15. The van der Waals surface area contributed by atoms with Crippen LogP contribution in [0.25, 0.3) is 0 Å². The van der Waals surface area contributed by atoms with Crippen LogP contribution in [0.3, 0.4) is 0 Å². The van der Waals surface area contributed by atoms with Crippen molar-refractivity contribution in [2.75, 3.05) is 84.5 Å². The van der Waals surface area contributed by atoms with E-state index in [4.69, 9.17) is 28.4 Å². The number of carbonyl (C=O) groups excluding carboxylic acids is 1. The Morgan fingerprint density at radius 2 is 1.25 bits per heavy atom. The van der Waals surface area contributed by atoms with Gasteiger partial charge in [0.15, 0.2) is 0 Å². The molecule has 0 heterocycles. The van der Waals surface area contributed by atoms with E-state index in [0.717, 1.165) is 25.3 Å². The van der Waals surface area contributed by atoms with Gasteiger partial charge in [-0.2, -0.15) is 0 Å². The molecular weight excluding hydrogens is 530 g/mol. The van der Waals surface area contributed by atoms with Crippen molar-refractivity contribution in [3.63, 3.8) is 0 Å². The average molecular weight is 574 g/mol. The lowest BCUT2D eigenvalue weighted by molar-refractivity contribution is -0.393. The van der Waals surface area contributed by atoms with Crippen molar-refractivity contribution in [2.45, 2.75) is 45.4 Å². The zero-order valence-corrected chi connectivity index (χ0v) is 23.3. The van der Waals surface area contributed by atoms with E-state index >= 15 is 0 Å². The van der Waals surface area contributed by atoms with Crippen LogP contribution >= 0.6 is 0 Å². The fraction of sp³-hybridized carbons (Fsp3) is 0.731. The van der Waals surface area contributed by atoms with Crippen LogP contribution in [0.5, 0.6) is 0 Å². The molecule has 228 valence electrons. The lowest BCUT2D eigenvalue weighted by Gasteiger charge is -2.09. The molecular formula is C26H43N3O11. The van der Waals surface area contributed by atoms with Gasteiger partial charge in [-0.15, -0.1) is 0 Å². The van der Waals surface area contributed by atoms with Crippen LogP contribution in [-0.4, -0.2) is 95.0 Å². The number of non-ortho nitro benzene ring substituents is 1. The summed E-state index contributed by atoms with van der Waals surface area (Å²) in [6, 6.07) is 3.42. The minimum atomic E-state index is -0.683. The number of rotatable bonds is 27. The molecule has 1 aromatic rings. The summed E-state index contributed by atoms with van der Waals surface area (Å²) in [5.41, 5.74) is -0.525. The minimum absolute atomic E-state index is 0.172. The van der Waals surface area contributed by atoms with Crippen LogP contribution in [-0.2, 0) is 33.2 Å². The molecule has 1 aromatic carbocycles. The van der Waals surface area contributed by atoms with Crippen molar-refractivity contribution in [3.05, 3.63) is 38.4 Å². The quantitative estimate of drug-likeness (QED) is 0.0697. The first-order valence-electron chi connectivity index (χ1n) is 13.7. The number of anilines is 1. The molecule has 0 aliphatic rings. The van der Waals surface area contributed by atoms with E-state index in [1.807, 2.05) is 0 Å². The Morgan fingerprint density at radius 1 is 0.725 bits per heavy atom. The molecule has 0 aliphatic carbocycles. The van der Waals surface area contributed by atoms with Gasteiger partial charge in [0, 0.05) is 19.0 Å². The standard InChI is InChI=1S/C26H43N3O11/c1-2-3-4-5-6-7-26(30)40-21-20-39-19-18-38-17-16-37-15-14-36-13-12-35-11-10-27-24-9-8-23(28(31)32)22-25(24)29(33)34/h8-9,22,27H,2-7,10-21H2,1H3. The molecule has 1 N–H and O–H groups in total. The van der Waals surface area contributed by atoms with E-state index in [-0.39, 0.29) is 36.2 Å². The fourth-order valence-corrected chi connectivity index (χ4v) is 3.33. The van der Waals surface area contributed by atoms with Crippen LogP contribution in [0.1, 0.15) is 45.4 Å². The topological polar surface area (TPSA) is 171 Å². The van der Waals surface area contributed by atoms with Gasteiger partial charge in [0.1, 0.15) is 12.3 Å². The van der Waals surface area contributed by atoms with E-state index in [0.29, 0.717) is 72.4 Å². The zero-order chi connectivity index (χ0) is 29.3. The normalized spacial score (nSPS) is 10.9. The highest BCUT2D eigenvalue weighted by Crippen LogP contribution is 2.28. The maximum Gasteiger partial charge on any atom is 0.305 e. The molecule has 0 amide bonds. The number of nitrogens with zero attached hydrogens (tertiary/aromatic N) is 2. The van der Waals surface area contributed by atoms with E-state index in [9.17, 15) is 25.0 Å². The molecule has 14 nitrogen and oxygen atoms in total. The van der Waals surface area contributed by atoms with Gasteiger partial charge in [-0.25, -0.2) is 0 Å². The molecule has 0 saturated carbocycles. The number of ether oxygens (including phenoxy) is 6. The first kappa shape index (κ1) is 35.1. The summed E-state index contributed by atoms with van der Waals surface area (Å²) < 4.78 is 32.1. The third-order valence-corrected chi connectivity index (χ3v) is 5.41. The van der Waals surface area contributed by atoms with Gasteiger partial charge in [-0.05, 0) is 12.5 Å². The summed E-state index contributed by atoms with van der Waals surface area (Å²) in [4.78, 5) is 32.1. The van der Waals surface area contributed by atoms with E-state index in [1.165, 1.54) is 25.0 Å². The summed E-state index contributed by atoms with van der Waals surface area (Å²) in [6.45, 7) is 6.54. The van der Waals surface area contributed by atoms with Gasteiger partial charge in [0.05, 0.1) is 82.0 Å². The molecule has 14 heteroatoms. The highest BCUT2D eigenvalue weighted by atomic mass is 16.6. The Morgan fingerprint density at radius 3 is 1.77 bits per heavy atom. The number of esters is 1. The molecule has 0 fully saturated rings. The second-order valence-corrected chi connectivity index (χ2v) is 8.59. The number of hydrogen-bond acceptors (Lipinski definition) is 12. The zero-order valence-electron chi connectivity index (χ0n) is 23.3. The Labute approximate surface area is 234 Å². The highest BCUT2D eigenvalue weighted by Gasteiger charge is 2.19. The van der Waals surface area contributed by atoms with Crippen LogP contribution < -0.4 is 5.32 Å². The Bertz CT molecular complexity index is 842. The summed E-state index contributed by atoms with van der Waals surface area (Å²) >= 11 is 0. The Hall–Kier alpha value is -2.91. The van der Waals surface area contributed by atoms with Crippen molar-refractivity contribution < 1.29 is 43.1 Å². The molecule has 0 spiro atoms. The van der Waals surface area contributed by atoms with E-state index in [1.54, 1.807) is 0 Å². The molecule has 0 aliphatic heterocycles. The molecule has 0 aromatic heterocycles. The molecule has 1 rings (SSSR count). The van der Waals surface area contributed by atoms with Gasteiger partial charge in [0.25, 0.3) is 11.4 Å². The SMILES string of the molecule is CCCCCCCC(=O)OCCOCCOCCOCCOCCOCCNc1ccc([N+](=O)[O-])cc1[N+](=O)[O-]. The van der Waals surface area contributed by atoms with E-state index in [2.05, 4.69) is 12.2 Å². The summed E-state index contributed by atoms with van der Waals surface area (Å²) in [7, 11) is 0. The lowest BCUT2D eigenvalue weighted by atomic mass is 10.1. The van der Waals surface area contributed by atoms with Gasteiger partial charge >= 0.3 is 5.97 Å². The van der Waals surface area contributed by atoms with Crippen LogP contribution in [0.4, 0.5) is 17.1 Å². The van der Waals surface area contributed by atoms with Crippen molar-refractivity contribution in [1.82, 2.24) is 0 Å². The smallest absolute Gasteiger partial charge is 0.305 e. The van der Waals surface area contributed by atoms with Gasteiger partial charge < -0.3 is 33.7 Å². The molecule has 40 heavy (non-hydrogen) atoms. The first-order chi connectivity index (χ1) is 19.5. The Balaban J connectivity index is 1.84. The van der Waals surface area contributed by atoms with Gasteiger partial charge in [0.2, 0.25) is 0 Å². The largest absolute Gasteiger partial charge is 0.463 e. The second-order valence-electron chi connectivity index (χ2n) is 8.59. The molecule has 0 saturated heterocycles. The predicted octanol–water partition coefficient (Wildman–Crippen LogP) is 3.90. The van der Waals surface area contributed by atoms with E-state index < -0.39 is 9.85 Å². The fourth-order valence-electron chi connectivity index (χ4n) is 3.33. The summed E-state index contributed by atoms with van der Waals surface area (Å²) in [6.07, 6.45) is 5.96. The molecule has 0 bridgehead atoms. The third kappa shape index (κ3) is 18.4. The van der Waals surface area contributed by atoms with Crippen molar-refractivity contribution in [1.29, 1.82) is 0 Å². The second kappa shape index (κ2) is 23.9. The van der Waals surface area contributed by atoms with Crippen molar-refractivity contribution >= 4 is 23.0 Å². The van der Waals surface area contributed by atoms with Crippen molar-refractivity contribution in [2.24, 2.45) is 0 Å². The van der Waals surface area contributed by atoms with Crippen LogP contribution in [0.15, 0.2) is 18.2 Å². The van der Waals surface area contributed by atoms with Gasteiger partial charge in [-0.3, -0.25) is 25.0 Å². The summed E-state index contributed by atoms with van der Waals surface area (Å²) in [5, 5.41) is 24.7. The number of nitrogens with one attached hydrogen (secondary N) is 1. The van der Waals surface area contributed by atoms with Gasteiger partial charge in [-0.1, -0.05) is 32.6 Å². The van der Waals surface area contributed by atoms with Crippen LogP contribution in [0.2, 0.25) is 0 Å². The maximum atomic E-state index is 11.6. The van der Waals surface area contributed by atoms with Crippen molar-refractivity contribution in [3.8, 4) is 0 Å². The number of nitro benzene ring substituents is 2. The number of benzene rings is 1. The molecule has 0 atom stereocenters. The number of hydrogen-bond donors (Lipinski definition) is 1. The predicted molar refractivity (Wildman–Crippen MR) is 147 cm³/mol. The summed E-state index contributed by atoms with van der Waals surface area (Å²) in [5.74, 6) is -0.172. The molecule has 0 unspecified atom stereocenters. The third-order valence-electron chi connectivity index (χ3n) is 5.41. The number of carbonyl (C=O) groups is 1. The highest BCUT2D eigenvalue weighted by molar-refractivity contribution is 5.69. The maximum absolute atomic E-state index is 11.6.